The van der Waals surface area contributed by atoms with E-state index in [0.717, 1.165) is 22.0 Å². The summed E-state index contributed by atoms with van der Waals surface area (Å²) in [7, 11) is -0.439. The van der Waals surface area contributed by atoms with Crippen molar-refractivity contribution >= 4 is 44.9 Å². The van der Waals surface area contributed by atoms with E-state index < -0.39 is 18.3 Å². The van der Waals surface area contributed by atoms with Crippen LogP contribution in [0.5, 0.6) is 0 Å². The van der Waals surface area contributed by atoms with E-state index in [9.17, 15) is 5.26 Å². The van der Waals surface area contributed by atoms with E-state index >= 15 is 0 Å². The highest BCUT2D eigenvalue weighted by atomic mass is 16.7. The van der Waals surface area contributed by atoms with Crippen molar-refractivity contribution < 1.29 is 9.31 Å². The van der Waals surface area contributed by atoms with Gasteiger partial charge in [0.05, 0.1) is 22.8 Å². The second-order valence-electron chi connectivity index (χ2n) is 10.4. The number of hydrogen-bond acceptors (Lipinski definition) is 3. The largest absolute Gasteiger partial charge is 0.495 e. The second-order valence-corrected chi connectivity index (χ2v) is 10.4. The van der Waals surface area contributed by atoms with Crippen molar-refractivity contribution in [3.8, 4) is 17.2 Å². The molecule has 6 rings (SSSR count). The molecule has 0 aliphatic carbocycles. The predicted molar refractivity (Wildman–Crippen MR) is 145 cm³/mol. The molecule has 170 valence electrons. The quantitative estimate of drug-likeness (QED) is 0.213. The molecule has 35 heavy (non-hydrogen) atoms. The third-order valence-corrected chi connectivity index (χ3v) is 7.75. The predicted octanol–water partition coefficient (Wildman–Crippen LogP) is 6.98. The molecule has 1 saturated heterocycles. The minimum atomic E-state index is -0.439. The highest BCUT2D eigenvalue weighted by Gasteiger charge is 2.52. The fourth-order valence-corrected chi connectivity index (χ4v) is 5.11. The van der Waals surface area contributed by atoms with E-state index in [0.29, 0.717) is 5.56 Å². The molecule has 0 radical (unpaired) electrons. The Kier molecular flexibility index (Phi) is 4.80. The van der Waals surface area contributed by atoms with Crippen LogP contribution in [0.1, 0.15) is 33.3 Å². The molecule has 0 N–H and O–H groups in total. The molecule has 4 heteroatoms. The topological polar surface area (TPSA) is 42.2 Å². The van der Waals surface area contributed by atoms with Crippen molar-refractivity contribution in [1.29, 1.82) is 5.26 Å². The molecule has 1 heterocycles. The Morgan fingerprint density at radius 2 is 1.14 bits per heavy atom. The lowest BCUT2D eigenvalue weighted by molar-refractivity contribution is 0.00578. The third-order valence-electron chi connectivity index (χ3n) is 7.75. The minimum absolute atomic E-state index is 0.407. The van der Waals surface area contributed by atoms with Crippen LogP contribution in [0, 0.1) is 11.3 Å². The molecule has 0 bridgehead atoms. The number of benzene rings is 5. The first-order chi connectivity index (χ1) is 16.8. The number of nitrogens with zero attached hydrogens (tertiary/aromatic N) is 1. The van der Waals surface area contributed by atoms with Gasteiger partial charge in [-0.05, 0) is 94.8 Å². The molecule has 0 amide bonds. The van der Waals surface area contributed by atoms with E-state index in [-0.39, 0.29) is 0 Å². The molecule has 1 aliphatic rings. The lowest BCUT2D eigenvalue weighted by Gasteiger charge is -2.32. The van der Waals surface area contributed by atoms with E-state index in [1.807, 2.05) is 24.3 Å². The van der Waals surface area contributed by atoms with Gasteiger partial charge in [-0.2, -0.15) is 5.26 Å². The maximum Gasteiger partial charge on any atom is 0.495 e. The fourth-order valence-electron chi connectivity index (χ4n) is 5.11. The number of nitriles is 1. The van der Waals surface area contributed by atoms with Crippen LogP contribution >= 0.6 is 0 Å². The van der Waals surface area contributed by atoms with E-state index in [4.69, 9.17) is 9.31 Å². The Labute approximate surface area is 206 Å². The van der Waals surface area contributed by atoms with Gasteiger partial charge in [-0.15, -0.1) is 0 Å². The molecule has 1 fully saturated rings. The van der Waals surface area contributed by atoms with Gasteiger partial charge in [0.2, 0.25) is 0 Å². The van der Waals surface area contributed by atoms with Crippen molar-refractivity contribution in [3.05, 3.63) is 90.5 Å². The summed E-state index contributed by atoms with van der Waals surface area (Å²) in [6, 6.07) is 31.6. The van der Waals surface area contributed by atoms with E-state index in [1.165, 1.54) is 26.9 Å². The first kappa shape index (κ1) is 21.9. The lowest BCUT2D eigenvalue weighted by Crippen LogP contribution is -2.41. The third kappa shape index (κ3) is 3.35. The van der Waals surface area contributed by atoms with Gasteiger partial charge < -0.3 is 9.31 Å². The van der Waals surface area contributed by atoms with Gasteiger partial charge in [-0.3, -0.25) is 0 Å². The summed E-state index contributed by atoms with van der Waals surface area (Å²) in [5.74, 6) is 0. The van der Waals surface area contributed by atoms with Crippen LogP contribution in [0.4, 0.5) is 0 Å². The van der Waals surface area contributed by atoms with Crippen molar-refractivity contribution in [2.75, 3.05) is 0 Å². The monoisotopic (exact) mass is 455 g/mol. The first-order valence-corrected chi connectivity index (χ1v) is 12.0. The smallest absolute Gasteiger partial charge is 0.399 e. The average Bonchev–Trinajstić information content (AvgIpc) is 3.09. The lowest BCUT2D eigenvalue weighted by atomic mass is 9.74. The van der Waals surface area contributed by atoms with Gasteiger partial charge in [0.1, 0.15) is 0 Å². The molecule has 3 nitrogen and oxygen atoms in total. The molecule has 0 aromatic heterocycles. The Bertz CT molecular complexity index is 1650. The van der Waals surface area contributed by atoms with Crippen LogP contribution < -0.4 is 5.46 Å². The van der Waals surface area contributed by atoms with Crippen molar-refractivity contribution in [2.45, 2.75) is 38.9 Å². The van der Waals surface area contributed by atoms with Gasteiger partial charge >= 0.3 is 7.12 Å². The van der Waals surface area contributed by atoms with Gasteiger partial charge in [-0.25, -0.2) is 0 Å². The Hall–Kier alpha value is -3.65. The standard InChI is InChI=1S/C31H26BNO2/c1-30(2)31(3,4)35-32(34-30)29-18-28-23-10-6-5-9-22(23)26(21-15-13-20(19-33)14-16-21)17-27(28)24-11-7-8-12-25(24)29/h5-18H,1-4H3. The summed E-state index contributed by atoms with van der Waals surface area (Å²) in [6.45, 7) is 8.37. The summed E-state index contributed by atoms with van der Waals surface area (Å²) >= 11 is 0. The van der Waals surface area contributed by atoms with Gasteiger partial charge in [0.15, 0.2) is 0 Å². The molecule has 0 saturated carbocycles. The van der Waals surface area contributed by atoms with Gasteiger partial charge in [0.25, 0.3) is 0 Å². The first-order valence-electron chi connectivity index (χ1n) is 12.0. The SMILES string of the molecule is CC1(C)OB(c2cc3c4ccccc4c(-c4ccc(C#N)cc4)cc3c3ccccc23)OC1(C)C. The van der Waals surface area contributed by atoms with Crippen molar-refractivity contribution in [1.82, 2.24) is 0 Å². The van der Waals surface area contributed by atoms with Crippen molar-refractivity contribution in [3.63, 3.8) is 0 Å². The molecule has 5 aromatic carbocycles. The highest BCUT2D eigenvalue weighted by molar-refractivity contribution is 6.66. The van der Waals surface area contributed by atoms with Crippen LogP contribution in [0.2, 0.25) is 0 Å². The van der Waals surface area contributed by atoms with E-state index in [2.05, 4.69) is 94.4 Å². The molecular weight excluding hydrogens is 429 g/mol. The number of rotatable bonds is 2. The molecule has 0 atom stereocenters. The van der Waals surface area contributed by atoms with Crippen LogP contribution in [-0.4, -0.2) is 18.3 Å². The summed E-state index contributed by atoms with van der Waals surface area (Å²) in [5, 5.41) is 16.3. The number of fused-ring (bicyclic) bond motifs is 5. The normalized spacial score (nSPS) is 16.7. The van der Waals surface area contributed by atoms with Crippen LogP contribution in [0.15, 0.2) is 84.9 Å². The summed E-state index contributed by atoms with van der Waals surface area (Å²) < 4.78 is 13.0. The van der Waals surface area contributed by atoms with Crippen LogP contribution in [0.3, 0.4) is 0 Å². The fraction of sp³-hybridized carbons (Fsp3) is 0.194. The minimum Gasteiger partial charge on any atom is -0.399 e. The zero-order valence-corrected chi connectivity index (χ0v) is 20.4. The Morgan fingerprint density at radius 3 is 1.74 bits per heavy atom. The van der Waals surface area contributed by atoms with E-state index in [1.54, 1.807) is 0 Å². The zero-order valence-electron chi connectivity index (χ0n) is 20.4. The average molecular weight is 455 g/mol. The zero-order chi connectivity index (χ0) is 24.4. The summed E-state index contributed by atoms with van der Waals surface area (Å²) in [6.07, 6.45) is 0. The summed E-state index contributed by atoms with van der Waals surface area (Å²) in [4.78, 5) is 0. The molecular formula is C31H26BNO2. The molecule has 0 unspecified atom stereocenters. The van der Waals surface area contributed by atoms with Gasteiger partial charge in [-0.1, -0.05) is 66.7 Å². The van der Waals surface area contributed by atoms with Gasteiger partial charge in [0, 0.05) is 0 Å². The Morgan fingerprint density at radius 1 is 0.629 bits per heavy atom. The summed E-state index contributed by atoms with van der Waals surface area (Å²) in [5.41, 5.74) is 3.16. The maximum absolute atomic E-state index is 9.24. The Balaban J connectivity index is 1.67. The van der Waals surface area contributed by atoms with Crippen LogP contribution in [-0.2, 0) is 9.31 Å². The van der Waals surface area contributed by atoms with Crippen molar-refractivity contribution in [2.24, 2.45) is 0 Å². The second kappa shape index (κ2) is 7.68. The highest BCUT2D eigenvalue weighted by Crippen LogP contribution is 2.40. The number of hydrogen-bond donors (Lipinski definition) is 0. The molecule has 0 spiro atoms. The molecule has 5 aromatic rings. The molecule has 1 aliphatic heterocycles. The maximum atomic E-state index is 9.24. The van der Waals surface area contributed by atoms with Crippen LogP contribution in [0.25, 0.3) is 43.4 Å².